The Hall–Kier alpha value is -0.620. The van der Waals surface area contributed by atoms with Crippen molar-refractivity contribution in [1.82, 2.24) is 9.97 Å². The first-order valence-corrected chi connectivity index (χ1v) is 6.86. The molecule has 0 atom stereocenters. The summed E-state index contributed by atoms with van der Waals surface area (Å²) in [6.07, 6.45) is 1.92. The van der Waals surface area contributed by atoms with E-state index in [1.807, 2.05) is 19.1 Å². The maximum absolute atomic E-state index is 6.11. The number of hydrogen-bond donors (Lipinski definition) is 0. The van der Waals surface area contributed by atoms with Gasteiger partial charge in [-0.25, -0.2) is 9.97 Å². The number of hydrogen-bond acceptors (Lipinski definition) is 3. The van der Waals surface area contributed by atoms with E-state index >= 15 is 0 Å². The molecule has 90 valence electrons. The molecular formula is C12H12ClIN2O. The third-order valence-corrected chi connectivity index (χ3v) is 4.05. The molecule has 0 fully saturated rings. The molecular weight excluding hydrogens is 351 g/mol. The van der Waals surface area contributed by atoms with E-state index in [0.29, 0.717) is 16.7 Å². The molecule has 0 aliphatic carbocycles. The van der Waals surface area contributed by atoms with Crippen molar-refractivity contribution in [3.8, 4) is 11.6 Å². The number of rotatable bonds is 3. The molecule has 0 radical (unpaired) electrons. The summed E-state index contributed by atoms with van der Waals surface area (Å²) in [7, 11) is 0. The average Bonchev–Trinajstić information content (AvgIpc) is 2.71. The molecule has 2 aromatic rings. The Morgan fingerprint density at radius 1 is 1.35 bits per heavy atom. The maximum atomic E-state index is 6.11. The van der Waals surface area contributed by atoms with Crippen LogP contribution in [0.25, 0.3) is 11.6 Å². The lowest BCUT2D eigenvalue weighted by Gasteiger charge is -2.05. The van der Waals surface area contributed by atoms with Crippen LogP contribution >= 0.6 is 34.2 Å². The van der Waals surface area contributed by atoms with Crippen molar-refractivity contribution in [3.05, 3.63) is 32.3 Å². The highest BCUT2D eigenvalue weighted by Crippen LogP contribution is 2.25. The van der Waals surface area contributed by atoms with Crippen LogP contribution < -0.4 is 0 Å². The van der Waals surface area contributed by atoms with Gasteiger partial charge in [0.2, 0.25) is 0 Å². The van der Waals surface area contributed by atoms with Gasteiger partial charge >= 0.3 is 0 Å². The van der Waals surface area contributed by atoms with Crippen LogP contribution in [-0.2, 0) is 6.42 Å². The van der Waals surface area contributed by atoms with Gasteiger partial charge in [-0.15, -0.1) is 0 Å². The second-order valence-corrected chi connectivity index (χ2v) is 5.20. The largest absolute Gasteiger partial charge is 0.458 e. The molecule has 0 aromatic carbocycles. The van der Waals surface area contributed by atoms with Gasteiger partial charge in [0.05, 0.1) is 9.26 Å². The second-order valence-electron chi connectivity index (χ2n) is 3.76. The van der Waals surface area contributed by atoms with E-state index in [1.165, 1.54) is 0 Å². The Bertz CT molecular complexity index is 539. The Morgan fingerprint density at radius 3 is 2.71 bits per heavy atom. The van der Waals surface area contributed by atoms with E-state index in [0.717, 1.165) is 27.9 Å². The van der Waals surface area contributed by atoms with Crippen molar-refractivity contribution in [3.63, 3.8) is 0 Å². The average molecular weight is 363 g/mol. The summed E-state index contributed by atoms with van der Waals surface area (Å²) in [6.45, 7) is 4.01. The van der Waals surface area contributed by atoms with Gasteiger partial charge in [0, 0.05) is 0 Å². The molecule has 0 saturated carbocycles. The van der Waals surface area contributed by atoms with Gasteiger partial charge in [0.1, 0.15) is 10.9 Å². The molecule has 0 aliphatic rings. The van der Waals surface area contributed by atoms with Crippen LogP contribution in [0.15, 0.2) is 16.5 Å². The molecule has 0 N–H and O–H groups in total. The van der Waals surface area contributed by atoms with Crippen LogP contribution in [0.2, 0.25) is 5.15 Å². The van der Waals surface area contributed by atoms with Crippen molar-refractivity contribution in [2.24, 2.45) is 0 Å². The van der Waals surface area contributed by atoms with Gasteiger partial charge in [-0.05, 0) is 48.1 Å². The zero-order valence-electron chi connectivity index (χ0n) is 9.63. The summed E-state index contributed by atoms with van der Waals surface area (Å²) in [5.74, 6) is 2.07. The molecule has 2 heterocycles. The molecule has 0 unspecified atom stereocenters. The first kappa shape index (κ1) is 12.8. The highest BCUT2D eigenvalue weighted by atomic mass is 127. The quantitative estimate of drug-likeness (QED) is 0.605. The minimum atomic E-state index is 0.494. The van der Waals surface area contributed by atoms with Gasteiger partial charge in [-0.2, -0.15) is 0 Å². The zero-order chi connectivity index (χ0) is 12.4. The predicted molar refractivity (Wildman–Crippen MR) is 76.2 cm³/mol. The summed E-state index contributed by atoms with van der Waals surface area (Å²) in [5, 5.41) is 0.494. The van der Waals surface area contributed by atoms with E-state index in [-0.39, 0.29) is 0 Å². The minimum absolute atomic E-state index is 0.494. The Kier molecular flexibility index (Phi) is 4.04. The molecule has 0 bridgehead atoms. The van der Waals surface area contributed by atoms with Crippen LogP contribution in [-0.4, -0.2) is 9.97 Å². The Labute approximate surface area is 119 Å². The topological polar surface area (TPSA) is 38.9 Å². The fourth-order valence-corrected chi connectivity index (χ4v) is 2.23. The molecule has 0 aliphatic heterocycles. The van der Waals surface area contributed by atoms with Crippen molar-refractivity contribution >= 4 is 34.2 Å². The van der Waals surface area contributed by atoms with E-state index in [4.69, 9.17) is 16.0 Å². The van der Waals surface area contributed by atoms with E-state index in [9.17, 15) is 0 Å². The van der Waals surface area contributed by atoms with E-state index in [2.05, 4.69) is 39.5 Å². The van der Waals surface area contributed by atoms with Gasteiger partial charge in [0.25, 0.3) is 0 Å². The summed E-state index contributed by atoms with van der Waals surface area (Å²) < 4.78 is 6.44. The number of furan rings is 1. The fourth-order valence-electron chi connectivity index (χ4n) is 1.53. The first-order valence-electron chi connectivity index (χ1n) is 5.40. The van der Waals surface area contributed by atoms with Crippen molar-refractivity contribution in [1.29, 1.82) is 0 Å². The number of aryl methyl sites for hydroxylation is 2. The third kappa shape index (κ3) is 2.80. The van der Waals surface area contributed by atoms with E-state index in [1.54, 1.807) is 0 Å². The fraction of sp³-hybridized carbons (Fsp3) is 0.333. The minimum Gasteiger partial charge on any atom is -0.458 e. The maximum Gasteiger partial charge on any atom is 0.197 e. The van der Waals surface area contributed by atoms with Crippen LogP contribution in [0.3, 0.4) is 0 Å². The van der Waals surface area contributed by atoms with Crippen molar-refractivity contribution in [2.45, 2.75) is 26.7 Å². The lowest BCUT2D eigenvalue weighted by Crippen LogP contribution is -2.00. The van der Waals surface area contributed by atoms with Gasteiger partial charge < -0.3 is 4.42 Å². The van der Waals surface area contributed by atoms with Gasteiger partial charge in [0.15, 0.2) is 11.6 Å². The van der Waals surface area contributed by atoms with Crippen LogP contribution in [0, 0.1) is 10.5 Å². The molecule has 17 heavy (non-hydrogen) atoms. The molecule has 3 nitrogen and oxygen atoms in total. The third-order valence-electron chi connectivity index (χ3n) is 2.33. The SMILES string of the molecule is CCCc1nc(-c2ccc(C)o2)nc(Cl)c1I. The van der Waals surface area contributed by atoms with Crippen molar-refractivity contribution in [2.75, 3.05) is 0 Å². The Balaban J connectivity index is 2.48. The number of aromatic nitrogens is 2. The second kappa shape index (κ2) is 5.35. The van der Waals surface area contributed by atoms with Crippen LogP contribution in [0.4, 0.5) is 0 Å². The number of halogens is 2. The highest BCUT2D eigenvalue weighted by molar-refractivity contribution is 14.1. The van der Waals surface area contributed by atoms with Crippen LogP contribution in [0.1, 0.15) is 24.8 Å². The van der Waals surface area contributed by atoms with Gasteiger partial charge in [-0.3, -0.25) is 0 Å². The predicted octanol–water partition coefficient (Wildman–Crippen LogP) is 4.26. The molecule has 0 amide bonds. The Morgan fingerprint density at radius 2 is 2.12 bits per heavy atom. The first-order chi connectivity index (χ1) is 8.11. The highest BCUT2D eigenvalue weighted by Gasteiger charge is 2.13. The van der Waals surface area contributed by atoms with E-state index < -0.39 is 0 Å². The lowest BCUT2D eigenvalue weighted by molar-refractivity contribution is 0.543. The number of nitrogens with zero attached hydrogens (tertiary/aromatic N) is 2. The monoisotopic (exact) mass is 362 g/mol. The van der Waals surface area contributed by atoms with Crippen molar-refractivity contribution < 1.29 is 4.42 Å². The molecule has 5 heteroatoms. The smallest absolute Gasteiger partial charge is 0.197 e. The molecule has 2 rings (SSSR count). The van der Waals surface area contributed by atoms with Crippen LogP contribution in [0.5, 0.6) is 0 Å². The zero-order valence-corrected chi connectivity index (χ0v) is 12.5. The molecule has 0 spiro atoms. The summed E-state index contributed by atoms with van der Waals surface area (Å²) in [5.41, 5.74) is 0.983. The lowest BCUT2D eigenvalue weighted by atomic mass is 10.2. The molecule has 0 saturated heterocycles. The summed E-state index contributed by atoms with van der Waals surface area (Å²) in [4.78, 5) is 8.76. The normalized spacial score (nSPS) is 10.8. The standard InChI is InChI=1S/C12H12ClIN2O/c1-3-4-8-10(14)11(13)16-12(15-8)9-6-5-7(2)17-9/h5-6H,3-4H2,1-2H3. The summed E-state index contributed by atoms with van der Waals surface area (Å²) in [6, 6.07) is 3.76. The van der Waals surface area contributed by atoms with Gasteiger partial charge in [-0.1, -0.05) is 24.9 Å². The molecule has 2 aromatic heterocycles. The summed E-state index contributed by atoms with van der Waals surface area (Å²) >= 11 is 8.29.